The molecule has 1 heterocycles. The number of hydrogen-bond donors (Lipinski definition) is 1. The predicted molar refractivity (Wildman–Crippen MR) is 79.2 cm³/mol. The third-order valence-electron chi connectivity index (χ3n) is 3.33. The highest BCUT2D eigenvalue weighted by Crippen LogP contribution is 2.16. The van der Waals surface area contributed by atoms with Gasteiger partial charge in [0, 0.05) is 44.6 Å². The van der Waals surface area contributed by atoms with Crippen LogP contribution in [0.25, 0.3) is 0 Å². The molecule has 0 aliphatic heterocycles. The second-order valence-electron chi connectivity index (χ2n) is 4.81. The third-order valence-corrected chi connectivity index (χ3v) is 3.33. The van der Waals surface area contributed by atoms with Crippen molar-refractivity contribution in [1.29, 1.82) is 0 Å². The summed E-state index contributed by atoms with van der Waals surface area (Å²) in [5, 5.41) is 0. The summed E-state index contributed by atoms with van der Waals surface area (Å²) in [6, 6.07) is 6.69. The molecular weight excluding hydrogens is 255 g/mol. The maximum absolute atomic E-state index is 13.4. The van der Waals surface area contributed by atoms with Crippen LogP contribution in [0.1, 0.15) is 12.2 Å². The predicted octanol–water partition coefficient (Wildman–Crippen LogP) is 1.96. The van der Waals surface area contributed by atoms with E-state index in [4.69, 9.17) is 5.73 Å². The van der Waals surface area contributed by atoms with Crippen molar-refractivity contribution in [2.24, 2.45) is 12.8 Å². The van der Waals surface area contributed by atoms with Crippen molar-refractivity contribution in [3.05, 3.63) is 48.3 Å². The number of rotatable bonds is 7. The standard InChI is InChI=1S/C15H21FN4/c1-19-11-8-18-15(19)6-10-20(9-3-7-17)14-5-2-4-13(16)12-14/h2,4-5,8,11-12H,3,6-7,9-10,17H2,1H3. The van der Waals surface area contributed by atoms with Crippen molar-refractivity contribution in [2.45, 2.75) is 12.8 Å². The van der Waals surface area contributed by atoms with E-state index in [9.17, 15) is 4.39 Å². The molecule has 2 aromatic rings. The second kappa shape index (κ2) is 7.05. The van der Waals surface area contributed by atoms with Gasteiger partial charge in [-0.15, -0.1) is 0 Å². The van der Waals surface area contributed by atoms with E-state index in [-0.39, 0.29) is 5.82 Å². The summed E-state index contributed by atoms with van der Waals surface area (Å²) < 4.78 is 15.4. The van der Waals surface area contributed by atoms with Crippen LogP contribution in [-0.4, -0.2) is 29.2 Å². The van der Waals surface area contributed by atoms with E-state index < -0.39 is 0 Å². The largest absolute Gasteiger partial charge is 0.371 e. The number of hydrogen-bond acceptors (Lipinski definition) is 3. The summed E-state index contributed by atoms with van der Waals surface area (Å²) in [5.41, 5.74) is 6.48. The van der Waals surface area contributed by atoms with Gasteiger partial charge in [-0.3, -0.25) is 0 Å². The molecule has 0 bridgehead atoms. The zero-order valence-corrected chi connectivity index (χ0v) is 11.8. The average molecular weight is 276 g/mol. The lowest BCUT2D eigenvalue weighted by atomic mass is 10.2. The Morgan fingerprint density at radius 1 is 1.35 bits per heavy atom. The van der Waals surface area contributed by atoms with Gasteiger partial charge in [0.2, 0.25) is 0 Å². The van der Waals surface area contributed by atoms with Crippen LogP contribution in [0.2, 0.25) is 0 Å². The lowest BCUT2D eigenvalue weighted by molar-refractivity contribution is 0.625. The third kappa shape index (κ3) is 3.81. The molecule has 20 heavy (non-hydrogen) atoms. The molecule has 0 fully saturated rings. The van der Waals surface area contributed by atoms with Crippen molar-refractivity contribution >= 4 is 5.69 Å². The van der Waals surface area contributed by atoms with E-state index in [1.165, 1.54) is 6.07 Å². The number of halogens is 1. The normalized spacial score (nSPS) is 10.8. The number of benzene rings is 1. The number of imidazole rings is 1. The van der Waals surface area contributed by atoms with Gasteiger partial charge in [0.25, 0.3) is 0 Å². The number of nitrogens with zero attached hydrogens (tertiary/aromatic N) is 3. The number of nitrogens with two attached hydrogens (primary N) is 1. The van der Waals surface area contributed by atoms with Crippen LogP contribution in [0, 0.1) is 5.82 Å². The molecule has 0 saturated carbocycles. The molecule has 1 aromatic heterocycles. The Morgan fingerprint density at radius 3 is 2.85 bits per heavy atom. The van der Waals surface area contributed by atoms with Gasteiger partial charge in [0.1, 0.15) is 11.6 Å². The first-order valence-corrected chi connectivity index (χ1v) is 6.87. The van der Waals surface area contributed by atoms with E-state index in [0.717, 1.165) is 37.4 Å². The van der Waals surface area contributed by atoms with Crippen LogP contribution in [0.5, 0.6) is 0 Å². The summed E-state index contributed by atoms with van der Waals surface area (Å²) in [7, 11) is 1.98. The average Bonchev–Trinajstić information content (AvgIpc) is 2.84. The van der Waals surface area contributed by atoms with E-state index in [1.807, 2.05) is 23.9 Å². The van der Waals surface area contributed by atoms with Gasteiger partial charge in [0.05, 0.1) is 0 Å². The van der Waals surface area contributed by atoms with Crippen LogP contribution in [0.3, 0.4) is 0 Å². The zero-order valence-electron chi connectivity index (χ0n) is 11.8. The van der Waals surface area contributed by atoms with E-state index in [1.54, 1.807) is 18.3 Å². The Balaban J connectivity index is 2.05. The molecule has 0 aliphatic carbocycles. The fourth-order valence-corrected chi connectivity index (χ4v) is 2.20. The summed E-state index contributed by atoms with van der Waals surface area (Å²) in [4.78, 5) is 6.47. The lowest BCUT2D eigenvalue weighted by Crippen LogP contribution is -2.29. The Hall–Kier alpha value is -1.88. The smallest absolute Gasteiger partial charge is 0.125 e. The molecule has 4 nitrogen and oxygen atoms in total. The Bertz CT molecular complexity index is 538. The van der Waals surface area contributed by atoms with Gasteiger partial charge in [-0.1, -0.05) is 6.07 Å². The van der Waals surface area contributed by atoms with Crippen LogP contribution in [0.15, 0.2) is 36.7 Å². The molecule has 2 N–H and O–H groups in total. The molecule has 0 unspecified atom stereocenters. The molecule has 1 aromatic carbocycles. The lowest BCUT2D eigenvalue weighted by Gasteiger charge is -2.24. The molecule has 2 rings (SSSR count). The van der Waals surface area contributed by atoms with Gasteiger partial charge in [-0.05, 0) is 31.2 Å². The molecule has 0 aliphatic rings. The Morgan fingerprint density at radius 2 is 2.20 bits per heavy atom. The molecule has 0 spiro atoms. The van der Waals surface area contributed by atoms with Gasteiger partial charge in [-0.2, -0.15) is 0 Å². The van der Waals surface area contributed by atoms with Crippen LogP contribution in [0.4, 0.5) is 10.1 Å². The highest BCUT2D eigenvalue weighted by Gasteiger charge is 2.09. The molecule has 108 valence electrons. The van der Waals surface area contributed by atoms with Crippen molar-refractivity contribution in [2.75, 3.05) is 24.5 Å². The van der Waals surface area contributed by atoms with Crippen molar-refractivity contribution in [1.82, 2.24) is 9.55 Å². The number of aryl methyl sites for hydroxylation is 1. The van der Waals surface area contributed by atoms with Crippen molar-refractivity contribution < 1.29 is 4.39 Å². The van der Waals surface area contributed by atoms with E-state index in [2.05, 4.69) is 9.88 Å². The summed E-state index contributed by atoms with van der Waals surface area (Å²) in [6.07, 6.45) is 5.44. The van der Waals surface area contributed by atoms with Crippen LogP contribution >= 0.6 is 0 Å². The van der Waals surface area contributed by atoms with Crippen molar-refractivity contribution in [3.63, 3.8) is 0 Å². The fraction of sp³-hybridized carbons (Fsp3) is 0.400. The molecule has 5 heteroatoms. The highest BCUT2D eigenvalue weighted by atomic mass is 19.1. The van der Waals surface area contributed by atoms with Crippen LogP contribution in [-0.2, 0) is 13.5 Å². The zero-order chi connectivity index (χ0) is 14.4. The highest BCUT2D eigenvalue weighted by molar-refractivity contribution is 5.46. The van der Waals surface area contributed by atoms with E-state index in [0.29, 0.717) is 6.54 Å². The number of aromatic nitrogens is 2. The van der Waals surface area contributed by atoms with Gasteiger partial charge in [0.15, 0.2) is 0 Å². The summed E-state index contributed by atoms with van der Waals surface area (Å²) in [5.74, 6) is 0.816. The minimum atomic E-state index is -0.211. The van der Waals surface area contributed by atoms with Crippen molar-refractivity contribution in [3.8, 4) is 0 Å². The molecule has 0 saturated heterocycles. The first kappa shape index (κ1) is 14.5. The first-order chi connectivity index (χ1) is 9.70. The fourth-order valence-electron chi connectivity index (χ4n) is 2.20. The summed E-state index contributed by atoms with van der Waals surface area (Å²) >= 11 is 0. The molecular formula is C15H21FN4. The monoisotopic (exact) mass is 276 g/mol. The second-order valence-corrected chi connectivity index (χ2v) is 4.81. The molecule has 0 radical (unpaired) electrons. The van der Waals surface area contributed by atoms with Gasteiger partial charge in [-0.25, -0.2) is 9.37 Å². The van der Waals surface area contributed by atoms with Crippen LogP contribution < -0.4 is 10.6 Å². The molecule has 0 amide bonds. The maximum atomic E-state index is 13.4. The summed E-state index contributed by atoms with van der Waals surface area (Å²) in [6.45, 7) is 2.26. The first-order valence-electron chi connectivity index (χ1n) is 6.87. The maximum Gasteiger partial charge on any atom is 0.125 e. The SMILES string of the molecule is Cn1ccnc1CCN(CCCN)c1cccc(F)c1. The quantitative estimate of drug-likeness (QED) is 0.841. The topological polar surface area (TPSA) is 47.1 Å². The minimum Gasteiger partial charge on any atom is -0.371 e. The van der Waals surface area contributed by atoms with Gasteiger partial charge < -0.3 is 15.2 Å². The van der Waals surface area contributed by atoms with Gasteiger partial charge >= 0.3 is 0 Å². The van der Waals surface area contributed by atoms with E-state index >= 15 is 0 Å². The Labute approximate surface area is 119 Å². The minimum absolute atomic E-state index is 0.211. The molecule has 0 atom stereocenters. The Kier molecular flexibility index (Phi) is 5.12. The number of anilines is 1.